The van der Waals surface area contributed by atoms with E-state index in [-0.39, 0.29) is 11.1 Å². The van der Waals surface area contributed by atoms with Gasteiger partial charge in [0.2, 0.25) is 0 Å². The van der Waals surface area contributed by atoms with Crippen molar-refractivity contribution in [3.63, 3.8) is 0 Å². The Kier molecular flexibility index (Phi) is 4.05. The van der Waals surface area contributed by atoms with Crippen molar-refractivity contribution in [1.82, 2.24) is 29.5 Å². The fraction of sp³-hybridized carbons (Fsp3) is 0.278. The molecule has 0 atom stereocenters. The molecule has 0 amide bonds. The van der Waals surface area contributed by atoms with Crippen molar-refractivity contribution < 1.29 is 4.92 Å². The fourth-order valence-corrected chi connectivity index (χ4v) is 3.81. The van der Waals surface area contributed by atoms with E-state index in [1.807, 2.05) is 17.9 Å². The van der Waals surface area contributed by atoms with E-state index < -0.39 is 10.5 Å². The molecule has 0 unspecified atom stereocenters. The Labute approximate surface area is 169 Å². The second-order valence-electron chi connectivity index (χ2n) is 7.05. The first-order valence-electron chi connectivity index (χ1n) is 9.34. The summed E-state index contributed by atoms with van der Waals surface area (Å²) in [7, 11) is 0. The minimum atomic E-state index is -0.460. The van der Waals surface area contributed by atoms with Gasteiger partial charge < -0.3 is 14.8 Å². The highest BCUT2D eigenvalue weighted by molar-refractivity contribution is 5.87. The van der Waals surface area contributed by atoms with E-state index in [0.717, 1.165) is 11.5 Å². The molecule has 12 heteroatoms. The Balaban J connectivity index is 1.47. The Morgan fingerprint density at radius 1 is 1.10 bits per heavy atom. The normalized spacial score (nSPS) is 14.6. The molecule has 1 N–H and O–H groups in total. The summed E-state index contributed by atoms with van der Waals surface area (Å²) in [6, 6.07) is 4.87. The molecule has 1 fully saturated rings. The highest BCUT2D eigenvalue weighted by atomic mass is 16.6. The van der Waals surface area contributed by atoms with Crippen molar-refractivity contribution >= 4 is 33.9 Å². The molecule has 30 heavy (non-hydrogen) atoms. The SMILES string of the molecule is Cc1cc(N2CCN(c3cc4nc[nH]c(=O)c4cc3[N+](=O)[O-])CC2)n2ncnc2n1. The van der Waals surface area contributed by atoms with Crippen LogP contribution >= 0.6 is 0 Å². The number of fused-ring (bicyclic) bond motifs is 2. The summed E-state index contributed by atoms with van der Waals surface area (Å²) in [5.41, 5.74) is 1.23. The molecular weight excluding hydrogens is 390 g/mol. The Hall–Kier alpha value is -4.09. The second kappa shape index (κ2) is 6.76. The summed E-state index contributed by atoms with van der Waals surface area (Å²) < 4.78 is 1.69. The Morgan fingerprint density at radius 3 is 2.63 bits per heavy atom. The van der Waals surface area contributed by atoms with Gasteiger partial charge in [0.1, 0.15) is 17.8 Å². The number of aryl methyl sites for hydroxylation is 1. The summed E-state index contributed by atoms with van der Waals surface area (Å²) >= 11 is 0. The fourth-order valence-electron chi connectivity index (χ4n) is 3.81. The van der Waals surface area contributed by atoms with Gasteiger partial charge in [0, 0.05) is 44.0 Å². The molecule has 12 nitrogen and oxygen atoms in total. The van der Waals surface area contributed by atoms with Crippen LogP contribution in [-0.2, 0) is 0 Å². The van der Waals surface area contributed by atoms with Gasteiger partial charge in [-0.25, -0.2) is 9.97 Å². The maximum absolute atomic E-state index is 12.0. The summed E-state index contributed by atoms with van der Waals surface area (Å²) in [6.07, 6.45) is 2.77. The van der Waals surface area contributed by atoms with E-state index in [0.29, 0.717) is 43.2 Å². The van der Waals surface area contributed by atoms with Crippen molar-refractivity contribution in [2.45, 2.75) is 6.92 Å². The van der Waals surface area contributed by atoms with E-state index in [9.17, 15) is 14.9 Å². The predicted molar refractivity (Wildman–Crippen MR) is 109 cm³/mol. The number of aromatic nitrogens is 6. The highest BCUT2D eigenvalue weighted by Gasteiger charge is 2.26. The average molecular weight is 407 g/mol. The third-order valence-electron chi connectivity index (χ3n) is 5.24. The van der Waals surface area contributed by atoms with Crippen LogP contribution in [0.2, 0.25) is 0 Å². The molecule has 0 radical (unpaired) electrons. The van der Waals surface area contributed by atoms with E-state index in [4.69, 9.17) is 0 Å². The van der Waals surface area contributed by atoms with Crippen molar-refractivity contribution in [2.75, 3.05) is 36.0 Å². The van der Waals surface area contributed by atoms with Crippen LogP contribution in [0.1, 0.15) is 5.69 Å². The maximum atomic E-state index is 12.0. The first kappa shape index (κ1) is 18.0. The monoisotopic (exact) mass is 407 g/mol. The third-order valence-corrected chi connectivity index (χ3v) is 5.24. The molecule has 4 aromatic rings. The molecule has 1 aliphatic heterocycles. The van der Waals surface area contributed by atoms with Gasteiger partial charge in [0.25, 0.3) is 17.0 Å². The largest absolute Gasteiger partial charge is 0.362 e. The molecule has 0 saturated carbocycles. The lowest BCUT2D eigenvalue weighted by Crippen LogP contribution is -2.47. The number of nitro groups is 1. The van der Waals surface area contributed by atoms with Crippen molar-refractivity contribution in [2.24, 2.45) is 0 Å². The zero-order valence-electron chi connectivity index (χ0n) is 16.0. The van der Waals surface area contributed by atoms with Gasteiger partial charge in [-0.3, -0.25) is 14.9 Å². The number of hydrogen-bond acceptors (Lipinski definition) is 9. The lowest BCUT2D eigenvalue weighted by molar-refractivity contribution is -0.384. The summed E-state index contributed by atoms with van der Waals surface area (Å²) in [5.74, 6) is 1.42. The van der Waals surface area contributed by atoms with Crippen LogP contribution in [-0.4, -0.2) is 60.7 Å². The number of anilines is 2. The lowest BCUT2D eigenvalue weighted by Gasteiger charge is -2.36. The molecule has 1 aliphatic rings. The summed E-state index contributed by atoms with van der Waals surface area (Å²) in [5, 5.41) is 16.1. The van der Waals surface area contributed by atoms with Crippen molar-refractivity contribution in [1.29, 1.82) is 0 Å². The molecular formula is C18H17N9O3. The minimum absolute atomic E-state index is 0.104. The Bertz CT molecular complexity index is 1340. The van der Waals surface area contributed by atoms with E-state index in [1.54, 1.807) is 10.6 Å². The quantitative estimate of drug-likeness (QED) is 0.388. The molecule has 152 valence electrons. The number of nitrogens with zero attached hydrogens (tertiary/aromatic N) is 8. The number of nitrogens with one attached hydrogen (secondary N) is 1. The van der Waals surface area contributed by atoms with Crippen LogP contribution in [0, 0.1) is 17.0 Å². The maximum Gasteiger partial charge on any atom is 0.293 e. The van der Waals surface area contributed by atoms with Gasteiger partial charge in [-0.1, -0.05) is 0 Å². The predicted octanol–water partition coefficient (Wildman–Crippen LogP) is 0.904. The van der Waals surface area contributed by atoms with Gasteiger partial charge in [-0.05, 0) is 13.0 Å². The average Bonchev–Trinajstić information content (AvgIpc) is 3.21. The van der Waals surface area contributed by atoms with Gasteiger partial charge >= 0.3 is 0 Å². The first-order valence-corrected chi connectivity index (χ1v) is 9.34. The lowest BCUT2D eigenvalue weighted by atomic mass is 10.1. The van der Waals surface area contributed by atoms with Crippen LogP contribution in [0.3, 0.4) is 0 Å². The van der Waals surface area contributed by atoms with Crippen molar-refractivity contribution in [3.8, 4) is 0 Å². The molecule has 5 rings (SSSR count). The molecule has 0 bridgehead atoms. The molecule has 0 aliphatic carbocycles. The van der Waals surface area contributed by atoms with Gasteiger partial charge in [-0.2, -0.15) is 14.6 Å². The van der Waals surface area contributed by atoms with E-state index in [1.165, 1.54) is 18.7 Å². The number of benzene rings is 1. The number of nitro benzene ring substituents is 1. The molecule has 3 aromatic heterocycles. The number of hydrogen-bond donors (Lipinski definition) is 1. The van der Waals surface area contributed by atoms with Crippen LogP contribution in [0.15, 0.2) is 35.6 Å². The van der Waals surface area contributed by atoms with E-state index >= 15 is 0 Å². The van der Waals surface area contributed by atoms with Crippen molar-refractivity contribution in [3.05, 3.63) is 57.0 Å². The third kappa shape index (κ3) is 2.89. The second-order valence-corrected chi connectivity index (χ2v) is 7.05. The van der Waals surface area contributed by atoms with Gasteiger partial charge in [0.15, 0.2) is 0 Å². The zero-order valence-corrected chi connectivity index (χ0v) is 16.0. The summed E-state index contributed by atoms with van der Waals surface area (Å²) in [6.45, 7) is 4.30. The number of rotatable bonds is 3. The molecule has 0 spiro atoms. The van der Waals surface area contributed by atoms with Crippen LogP contribution in [0.4, 0.5) is 17.2 Å². The zero-order chi connectivity index (χ0) is 20.8. The number of aromatic amines is 1. The standard InChI is InChI=1S/C18H17N9O3/c1-11-6-16(26-18(23-11)21-10-22-26)25-4-2-24(3-5-25)14-8-13-12(7-15(14)27(29)30)17(28)20-9-19-13/h6-10H,2-5H2,1H3,(H,19,20,28). The number of H-pyrrole nitrogens is 1. The van der Waals surface area contributed by atoms with Crippen LogP contribution in [0.5, 0.6) is 0 Å². The van der Waals surface area contributed by atoms with Gasteiger partial charge in [-0.15, -0.1) is 0 Å². The molecule has 1 saturated heterocycles. The first-order chi connectivity index (χ1) is 14.5. The van der Waals surface area contributed by atoms with Crippen LogP contribution < -0.4 is 15.4 Å². The Morgan fingerprint density at radius 2 is 1.87 bits per heavy atom. The molecule has 4 heterocycles. The number of piperazine rings is 1. The van der Waals surface area contributed by atoms with Gasteiger partial charge in [0.05, 0.1) is 22.2 Å². The van der Waals surface area contributed by atoms with E-state index in [2.05, 4.69) is 29.9 Å². The highest BCUT2D eigenvalue weighted by Crippen LogP contribution is 2.32. The smallest absolute Gasteiger partial charge is 0.293 e. The molecule has 1 aromatic carbocycles. The summed E-state index contributed by atoms with van der Waals surface area (Å²) in [4.78, 5) is 42.4. The topological polar surface area (TPSA) is 138 Å². The minimum Gasteiger partial charge on any atom is -0.362 e. The van der Waals surface area contributed by atoms with Crippen LogP contribution in [0.25, 0.3) is 16.7 Å².